The Labute approximate surface area is 239 Å². The van der Waals surface area contributed by atoms with Crippen molar-refractivity contribution < 1.29 is 85.8 Å². The van der Waals surface area contributed by atoms with Crippen LogP contribution in [0.25, 0.3) is 0 Å². The molecule has 0 aliphatic heterocycles. The molecule has 0 amide bonds. The largest absolute Gasteiger partial charge is 1.00 e. The van der Waals surface area contributed by atoms with E-state index < -0.39 is 7.60 Å². The molecule has 1 aromatic heterocycles. The fourth-order valence-electron chi connectivity index (χ4n) is 2.97. The minimum absolute atomic E-state index is 0. The summed E-state index contributed by atoms with van der Waals surface area (Å²) in [7, 11) is -1.49. The molecule has 12 heteroatoms. The number of nitrogen functional groups attached to an aromatic ring is 2. The van der Waals surface area contributed by atoms with Crippen LogP contribution in [0.5, 0.6) is 11.5 Å². The van der Waals surface area contributed by atoms with E-state index in [0.717, 1.165) is 5.56 Å². The molecule has 0 unspecified atom stereocenters. The molecule has 3 rings (SSSR count). The molecule has 0 atom stereocenters. The van der Waals surface area contributed by atoms with Crippen LogP contribution in [0.15, 0.2) is 42.6 Å². The maximum absolute atomic E-state index is 11.8. The Balaban J connectivity index is 0. The van der Waals surface area contributed by atoms with Crippen LogP contribution in [0.1, 0.15) is 25.1 Å². The molecule has 0 aliphatic carbocycles. The summed E-state index contributed by atoms with van der Waals surface area (Å²) in [4.78, 5) is 27.1. The van der Waals surface area contributed by atoms with Crippen LogP contribution in [0.4, 0.5) is 11.8 Å². The molecule has 6 N–H and O–H groups in total. The molecule has 0 spiro atoms. The first-order chi connectivity index (χ1) is 14.7. The Morgan fingerprint density at radius 3 is 2.33 bits per heavy atom. The molecule has 9 nitrogen and oxygen atoms in total. The Kier molecular flexibility index (Phi) is 11.4. The molecule has 0 bridgehead atoms. The van der Waals surface area contributed by atoms with Gasteiger partial charge in [-0.1, -0.05) is 24.0 Å². The molecule has 0 fully saturated rings. The van der Waals surface area contributed by atoms with Crippen molar-refractivity contribution in [3.05, 3.63) is 64.8 Å². The molecule has 0 saturated heterocycles. The second-order valence-electron chi connectivity index (χ2n) is 6.51. The summed E-state index contributed by atoms with van der Waals surface area (Å²) < 4.78 is 22.6. The van der Waals surface area contributed by atoms with Crippen molar-refractivity contribution in [2.24, 2.45) is 0 Å². The van der Waals surface area contributed by atoms with Gasteiger partial charge in [-0.25, -0.2) is 4.98 Å². The number of anilines is 2. The van der Waals surface area contributed by atoms with Crippen LogP contribution in [-0.2, 0) is 11.0 Å². The van der Waals surface area contributed by atoms with Crippen molar-refractivity contribution >= 4 is 24.7 Å². The van der Waals surface area contributed by atoms with Crippen molar-refractivity contribution in [3.8, 4) is 23.3 Å². The van der Waals surface area contributed by atoms with Crippen LogP contribution < -0.4 is 85.4 Å². The van der Waals surface area contributed by atoms with Gasteiger partial charge in [-0.2, -0.15) is 4.98 Å². The zero-order valence-corrected chi connectivity index (χ0v) is 23.8. The third-order valence-corrected chi connectivity index (χ3v) is 5.42. The molecule has 1 heterocycles. The number of hydrogen-bond donors (Lipinski definition) is 4. The quantitative estimate of drug-likeness (QED) is 0.159. The normalized spacial score (nSPS) is 10.2. The summed E-state index contributed by atoms with van der Waals surface area (Å²) in [6.07, 6.45) is 1.94. The Morgan fingerprint density at radius 1 is 1.06 bits per heavy atom. The molecule has 33 heavy (non-hydrogen) atoms. The average molecular weight is 488 g/mol. The van der Waals surface area contributed by atoms with Crippen molar-refractivity contribution in [2.45, 2.75) is 6.42 Å². The van der Waals surface area contributed by atoms with Crippen molar-refractivity contribution in [2.75, 3.05) is 25.7 Å². The van der Waals surface area contributed by atoms with Gasteiger partial charge in [-0.05, 0) is 29.8 Å². The number of nitrogens with zero attached hydrogens (tertiary/aromatic N) is 2. The van der Waals surface area contributed by atoms with E-state index in [9.17, 15) is 14.4 Å². The SMILES string of the molecule is COc1cc(Cc2cnc(N)nc2N)cc(C#Cc2ccccc2P(=O)(O)O)c1OC.[H-].[H-].[Na+].[Na+]. The minimum Gasteiger partial charge on any atom is -1.00 e. The second kappa shape index (κ2) is 12.8. The van der Waals surface area contributed by atoms with Gasteiger partial charge >= 0.3 is 66.7 Å². The monoisotopic (exact) mass is 488 g/mol. The van der Waals surface area contributed by atoms with Crippen molar-refractivity contribution in [3.63, 3.8) is 0 Å². The summed E-state index contributed by atoms with van der Waals surface area (Å²) in [5, 5.41) is -0.142. The summed E-state index contributed by atoms with van der Waals surface area (Å²) in [6, 6.07) is 9.65. The standard InChI is InChI=1S/C21H21N4O5P.2Na.2H/c1-29-17-11-13(10-16-12-24-21(23)25-20(16)22)9-15(19(17)30-2)8-7-14-5-3-4-6-18(14)31(26,27)28;;;;/h3-6,9,11-12H,10H2,1-2H3,(H2,26,27,28)(H4,22,23,24,25);;;;/q;2*+1;2*-1. The first-order valence-electron chi connectivity index (χ1n) is 9.02. The topological polar surface area (TPSA) is 154 Å². The molecule has 164 valence electrons. The first kappa shape index (κ1) is 29.5. The van der Waals surface area contributed by atoms with E-state index in [-0.39, 0.29) is 84.6 Å². The summed E-state index contributed by atoms with van der Waals surface area (Å²) >= 11 is 0. The predicted molar refractivity (Wildman–Crippen MR) is 120 cm³/mol. The molecular formula is C21H23N4Na2O5P. The smallest absolute Gasteiger partial charge is 1.00 e. The van der Waals surface area contributed by atoms with Crippen LogP contribution in [0, 0.1) is 11.8 Å². The van der Waals surface area contributed by atoms with E-state index in [1.807, 2.05) is 0 Å². The third kappa shape index (κ3) is 7.46. The fourth-order valence-corrected chi connectivity index (χ4v) is 3.70. The molecule has 0 radical (unpaired) electrons. The maximum Gasteiger partial charge on any atom is 1.00 e. The number of methoxy groups -OCH3 is 2. The van der Waals surface area contributed by atoms with Gasteiger partial charge in [0.25, 0.3) is 0 Å². The van der Waals surface area contributed by atoms with E-state index in [2.05, 4.69) is 21.8 Å². The van der Waals surface area contributed by atoms with Crippen LogP contribution in [-0.4, -0.2) is 34.0 Å². The Hall–Kier alpha value is -1.57. The van der Waals surface area contributed by atoms with Crippen molar-refractivity contribution in [1.82, 2.24) is 9.97 Å². The first-order valence-corrected chi connectivity index (χ1v) is 10.6. The summed E-state index contributed by atoms with van der Waals surface area (Å²) in [6.45, 7) is 0. The van der Waals surface area contributed by atoms with Crippen LogP contribution in [0.3, 0.4) is 0 Å². The molecular weight excluding hydrogens is 465 g/mol. The van der Waals surface area contributed by atoms with Gasteiger partial charge in [0.15, 0.2) is 11.5 Å². The van der Waals surface area contributed by atoms with Crippen LogP contribution in [0.2, 0.25) is 0 Å². The number of hydrogen-bond acceptors (Lipinski definition) is 7. The summed E-state index contributed by atoms with van der Waals surface area (Å²) in [5.41, 5.74) is 13.7. The van der Waals surface area contributed by atoms with Gasteiger partial charge in [0.2, 0.25) is 5.95 Å². The van der Waals surface area contributed by atoms with Crippen molar-refractivity contribution in [1.29, 1.82) is 0 Å². The average Bonchev–Trinajstić information content (AvgIpc) is 2.73. The zero-order valence-electron chi connectivity index (χ0n) is 20.9. The number of benzene rings is 2. The van der Waals surface area contributed by atoms with Gasteiger partial charge in [0, 0.05) is 23.7 Å². The molecule has 2 aromatic carbocycles. The van der Waals surface area contributed by atoms with Gasteiger partial charge < -0.3 is 33.6 Å². The fraction of sp³-hybridized carbons (Fsp3) is 0.143. The molecule has 0 aliphatic rings. The van der Waals surface area contributed by atoms with E-state index in [0.29, 0.717) is 29.0 Å². The Bertz CT molecular complexity index is 1250. The molecule has 3 aromatic rings. The van der Waals surface area contributed by atoms with E-state index >= 15 is 0 Å². The number of rotatable bonds is 5. The van der Waals surface area contributed by atoms with Gasteiger partial charge in [0.1, 0.15) is 5.82 Å². The third-order valence-electron chi connectivity index (χ3n) is 4.40. The Morgan fingerprint density at radius 2 is 1.73 bits per heavy atom. The molecule has 0 saturated carbocycles. The summed E-state index contributed by atoms with van der Waals surface area (Å²) in [5.74, 6) is 6.96. The van der Waals surface area contributed by atoms with Gasteiger partial charge in [0.05, 0.1) is 25.1 Å². The number of nitrogens with two attached hydrogens (primary N) is 2. The van der Waals surface area contributed by atoms with E-state index in [1.165, 1.54) is 20.3 Å². The van der Waals surface area contributed by atoms with E-state index in [4.69, 9.17) is 20.9 Å². The van der Waals surface area contributed by atoms with Crippen LogP contribution >= 0.6 is 7.60 Å². The predicted octanol–water partition coefficient (Wildman–Crippen LogP) is -4.32. The second-order valence-corrected chi connectivity index (χ2v) is 8.08. The number of aromatic nitrogens is 2. The van der Waals surface area contributed by atoms with Gasteiger partial charge in [-0.3, -0.25) is 4.57 Å². The maximum atomic E-state index is 11.8. The van der Waals surface area contributed by atoms with Gasteiger partial charge in [-0.15, -0.1) is 0 Å². The zero-order chi connectivity index (χ0) is 22.6. The van der Waals surface area contributed by atoms with E-state index in [1.54, 1.807) is 36.5 Å². The minimum atomic E-state index is -4.47. The number of ether oxygens (including phenoxy) is 2.